The first-order chi connectivity index (χ1) is 15.2. The van der Waals surface area contributed by atoms with Crippen LogP contribution in [-0.2, 0) is 0 Å². The van der Waals surface area contributed by atoms with Crippen molar-refractivity contribution in [2.45, 2.75) is 31.8 Å². The van der Waals surface area contributed by atoms with Crippen LogP contribution in [0.4, 0.5) is 5.13 Å². The summed E-state index contributed by atoms with van der Waals surface area (Å²) >= 11 is 3.27. The SMILES string of the molecule is C[C@@H]1C[C@@H](N(C)c2nc3sc(-c4ncc(-c5cn[nH]c5)c5cc[nH]c45)nc3s2)CCN1. The van der Waals surface area contributed by atoms with E-state index in [2.05, 4.69) is 45.4 Å². The van der Waals surface area contributed by atoms with Crippen molar-refractivity contribution >= 4 is 48.4 Å². The Morgan fingerprint density at radius 2 is 2.06 bits per heavy atom. The Labute approximate surface area is 186 Å². The van der Waals surface area contributed by atoms with Crippen molar-refractivity contribution in [3.63, 3.8) is 0 Å². The third-order valence-corrected chi connectivity index (χ3v) is 8.14. The fourth-order valence-electron chi connectivity index (χ4n) is 4.34. The van der Waals surface area contributed by atoms with Gasteiger partial charge in [0.25, 0.3) is 0 Å². The molecule has 0 unspecified atom stereocenters. The molecule has 2 atom stereocenters. The van der Waals surface area contributed by atoms with Gasteiger partial charge in [-0.25, -0.2) is 9.97 Å². The minimum atomic E-state index is 0.520. The molecule has 0 spiro atoms. The normalized spacial score (nSPS) is 19.4. The van der Waals surface area contributed by atoms with Crippen LogP contribution in [0, 0.1) is 0 Å². The van der Waals surface area contributed by atoms with Crippen molar-refractivity contribution in [1.82, 2.24) is 35.5 Å². The minimum Gasteiger partial charge on any atom is -0.359 e. The topological polar surface area (TPSA) is 98.4 Å². The number of aromatic amines is 2. The van der Waals surface area contributed by atoms with E-state index >= 15 is 0 Å². The quantitative estimate of drug-likeness (QED) is 0.378. The van der Waals surface area contributed by atoms with Crippen molar-refractivity contribution in [2.75, 3.05) is 18.5 Å². The van der Waals surface area contributed by atoms with Gasteiger partial charge >= 0.3 is 0 Å². The average molecular weight is 451 g/mol. The van der Waals surface area contributed by atoms with Crippen molar-refractivity contribution in [2.24, 2.45) is 0 Å². The molecule has 10 heteroatoms. The van der Waals surface area contributed by atoms with Gasteiger partial charge in [-0.1, -0.05) is 22.7 Å². The third-order valence-electron chi connectivity index (χ3n) is 6.02. The number of nitrogens with zero attached hydrogens (tertiary/aromatic N) is 5. The molecule has 0 saturated carbocycles. The predicted octanol–water partition coefficient (Wildman–Crippen LogP) is 4.26. The predicted molar refractivity (Wildman–Crippen MR) is 127 cm³/mol. The van der Waals surface area contributed by atoms with E-state index in [9.17, 15) is 0 Å². The molecule has 0 radical (unpaired) electrons. The first kappa shape index (κ1) is 18.9. The average Bonchev–Trinajstić information content (AvgIpc) is 3.56. The van der Waals surface area contributed by atoms with E-state index in [4.69, 9.17) is 15.0 Å². The Morgan fingerprint density at radius 3 is 2.87 bits per heavy atom. The number of pyridine rings is 1. The van der Waals surface area contributed by atoms with Crippen LogP contribution in [0.2, 0.25) is 0 Å². The second-order valence-electron chi connectivity index (χ2n) is 8.04. The molecule has 0 aromatic carbocycles. The molecule has 1 saturated heterocycles. The van der Waals surface area contributed by atoms with E-state index in [1.165, 1.54) is 0 Å². The standard InChI is InChI=1S/C21H22N8S2/c1-11-7-13(3-5-22-11)29(2)21-28-20-19(31-21)27-18(30-20)17-16-14(4-6-23-16)15(10-24-17)12-8-25-26-9-12/h4,6,8-11,13,22-23H,3,5,7H2,1-2H3,(H,25,26)/t11-,13+/m1/s1. The fourth-order valence-corrected chi connectivity index (χ4v) is 6.42. The van der Waals surface area contributed by atoms with Crippen LogP contribution in [0.25, 0.3) is 42.4 Å². The Balaban J connectivity index is 1.34. The van der Waals surface area contributed by atoms with Crippen LogP contribution in [0.15, 0.2) is 30.9 Å². The van der Waals surface area contributed by atoms with Crippen molar-refractivity contribution < 1.29 is 0 Å². The molecule has 5 aromatic rings. The van der Waals surface area contributed by atoms with E-state index in [1.807, 2.05) is 24.8 Å². The second kappa shape index (κ2) is 7.40. The molecule has 6 rings (SSSR count). The lowest BCUT2D eigenvalue weighted by atomic mass is 10.00. The van der Waals surface area contributed by atoms with Gasteiger partial charge in [0.05, 0.1) is 11.7 Å². The molecule has 1 aliphatic heterocycles. The molecule has 158 valence electrons. The maximum absolute atomic E-state index is 4.91. The van der Waals surface area contributed by atoms with Gasteiger partial charge in [-0.05, 0) is 32.4 Å². The number of fused-ring (bicyclic) bond motifs is 2. The lowest BCUT2D eigenvalue weighted by molar-refractivity contribution is 0.371. The number of hydrogen-bond acceptors (Lipinski definition) is 8. The van der Waals surface area contributed by atoms with Crippen molar-refractivity contribution in [3.05, 3.63) is 30.9 Å². The summed E-state index contributed by atoms with van der Waals surface area (Å²) in [6.07, 6.45) is 9.82. The minimum absolute atomic E-state index is 0.520. The van der Waals surface area contributed by atoms with Gasteiger partial charge in [-0.2, -0.15) is 5.10 Å². The summed E-state index contributed by atoms with van der Waals surface area (Å²) in [6, 6.07) is 3.14. The van der Waals surface area contributed by atoms with Gasteiger partial charge in [0.15, 0.2) is 14.8 Å². The van der Waals surface area contributed by atoms with E-state index < -0.39 is 0 Å². The Hall–Kier alpha value is -2.82. The number of piperidine rings is 1. The highest BCUT2D eigenvalue weighted by molar-refractivity contribution is 7.29. The highest BCUT2D eigenvalue weighted by atomic mass is 32.1. The van der Waals surface area contributed by atoms with Crippen LogP contribution in [0.1, 0.15) is 19.8 Å². The number of nitrogens with one attached hydrogen (secondary N) is 3. The summed E-state index contributed by atoms with van der Waals surface area (Å²) in [5.74, 6) is 0. The van der Waals surface area contributed by atoms with Gasteiger partial charge in [-0.15, -0.1) is 0 Å². The van der Waals surface area contributed by atoms with Gasteiger partial charge in [0, 0.05) is 54.2 Å². The van der Waals surface area contributed by atoms with E-state index in [-0.39, 0.29) is 0 Å². The lowest BCUT2D eigenvalue weighted by Crippen LogP contribution is -2.45. The van der Waals surface area contributed by atoms with Crippen LogP contribution in [0.3, 0.4) is 0 Å². The summed E-state index contributed by atoms with van der Waals surface area (Å²) in [4.78, 5) is 22.2. The summed E-state index contributed by atoms with van der Waals surface area (Å²) in [5.41, 5.74) is 3.92. The molecule has 1 fully saturated rings. The van der Waals surface area contributed by atoms with Gasteiger partial charge in [-0.3, -0.25) is 10.1 Å². The largest absolute Gasteiger partial charge is 0.359 e. The molecule has 3 N–H and O–H groups in total. The maximum atomic E-state index is 4.91. The molecule has 0 bridgehead atoms. The highest BCUT2D eigenvalue weighted by Gasteiger charge is 2.25. The van der Waals surface area contributed by atoms with Crippen LogP contribution in [-0.4, -0.2) is 55.8 Å². The Kier molecular flexibility index (Phi) is 4.51. The number of anilines is 1. The number of H-pyrrole nitrogens is 2. The van der Waals surface area contributed by atoms with E-state index in [0.717, 1.165) is 66.9 Å². The Morgan fingerprint density at radius 1 is 1.16 bits per heavy atom. The first-order valence-electron chi connectivity index (χ1n) is 10.4. The van der Waals surface area contributed by atoms with E-state index in [1.54, 1.807) is 22.7 Å². The molecular formula is C21H22N8S2. The molecule has 31 heavy (non-hydrogen) atoms. The van der Waals surface area contributed by atoms with Crippen molar-refractivity contribution in [3.8, 4) is 21.8 Å². The number of hydrogen-bond donors (Lipinski definition) is 3. The Bertz CT molecular complexity index is 1320. The van der Waals surface area contributed by atoms with Crippen LogP contribution in [0.5, 0.6) is 0 Å². The monoisotopic (exact) mass is 450 g/mol. The number of thiazole rings is 2. The van der Waals surface area contributed by atoms with E-state index in [0.29, 0.717) is 12.1 Å². The number of rotatable bonds is 4. The molecule has 8 nitrogen and oxygen atoms in total. The zero-order valence-corrected chi connectivity index (χ0v) is 18.8. The second-order valence-corrected chi connectivity index (χ2v) is 9.98. The van der Waals surface area contributed by atoms with Gasteiger partial charge in [0.1, 0.15) is 10.7 Å². The zero-order chi connectivity index (χ0) is 20.9. The highest BCUT2D eigenvalue weighted by Crippen LogP contribution is 2.39. The smallest absolute Gasteiger partial charge is 0.188 e. The summed E-state index contributed by atoms with van der Waals surface area (Å²) in [5, 5.41) is 13.5. The fraction of sp³-hybridized carbons (Fsp3) is 0.333. The summed E-state index contributed by atoms with van der Waals surface area (Å²) in [6.45, 7) is 3.31. The first-order valence-corrected chi connectivity index (χ1v) is 12.0. The molecule has 0 amide bonds. The molecule has 0 aliphatic carbocycles. The summed E-state index contributed by atoms with van der Waals surface area (Å²) in [7, 11) is 2.16. The summed E-state index contributed by atoms with van der Waals surface area (Å²) < 4.78 is 0. The zero-order valence-electron chi connectivity index (χ0n) is 17.2. The van der Waals surface area contributed by atoms with Crippen molar-refractivity contribution in [1.29, 1.82) is 0 Å². The molecule has 5 aromatic heterocycles. The number of aromatic nitrogens is 6. The van der Waals surface area contributed by atoms with Crippen LogP contribution >= 0.6 is 22.7 Å². The van der Waals surface area contributed by atoms with Crippen LogP contribution < -0.4 is 10.2 Å². The molecule has 6 heterocycles. The lowest BCUT2D eigenvalue weighted by Gasteiger charge is -2.34. The van der Waals surface area contributed by atoms with Gasteiger partial charge in [0.2, 0.25) is 0 Å². The molecular weight excluding hydrogens is 428 g/mol. The molecule has 1 aliphatic rings. The van der Waals surface area contributed by atoms with Gasteiger partial charge < -0.3 is 15.2 Å². The third kappa shape index (κ3) is 3.22. The maximum Gasteiger partial charge on any atom is 0.188 e.